The minimum atomic E-state index is -1.06. The molecule has 2 heterocycles. The number of carbonyl (C=O) groups excluding carboxylic acids is 2. The van der Waals surface area contributed by atoms with E-state index < -0.39 is 17.3 Å². The van der Waals surface area contributed by atoms with Gasteiger partial charge in [-0.2, -0.15) is 0 Å². The van der Waals surface area contributed by atoms with E-state index in [4.69, 9.17) is 23.7 Å². The average Bonchev–Trinajstić information content (AvgIpc) is 3.95. The molecule has 0 saturated heterocycles. The molecule has 2 amide bonds. The summed E-state index contributed by atoms with van der Waals surface area (Å²) < 4.78 is 45.2. The molecule has 0 bridgehead atoms. The first-order valence-corrected chi connectivity index (χ1v) is 22.8. The Morgan fingerprint density at radius 1 is 0.873 bits per heavy atom. The van der Waals surface area contributed by atoms with E-state index in [1.807, 2.05) is 19.1 Å². The predicted molar refractivity (Wildman–Crippen MR) is 238 cm³/mol. The smallest absolute Gasteiger partial charge is 0.335 e. The van der Waals surface area contributed by atoms with Crippen molar-refractivity contribution >= 4 is 34.3 Å². The van der Waals surface area contributed by atoms with Gasteiger partial charge in [0.15, 0.2) is 16.6 Å². The van der Waals surface area contributed by atoms with Crippen LogP contribution in [-0.4, -0.2) is 87.2 Å². The lowest BCUT2D eigenvalue weighted by Crippen LogP contribution is -2.47. The van der Waals surface area contributed by atoms with E-state index in [0.717, 1.165) is 28.9 Å². The number of carbonyl (C=O) groups is 3. The van der Waals surface area contributed by atoms with E-state index in [-0.39, 0.29) is 48.2 Å². The molecular weight excluding hydrogens is 828 g/mol. The number of nitrogens with one attached hydrogen (secondary N) is 3. The first kappa shape index (κ1) is 46.1. The number of carboxylic acids is 1. The molecule has 4 N–H and O–H groups in total. The van der Waals surface area contributed by atoms with Crippen molar-refractivity contribution in [3.05, 3.63) is 88.7 Å². The molecule has 2 aliphatic carbocycles. The number of ether oxygens (including phenoxy) is 5. The van der Waals surface area contributed by atoms with Gasteiger partial charge in [-0.3, -0.25) is 9.59 Å². The van der Waals surface area contributed by atoms with Gasteiger partial charge in [0.25, 0.3) is 0 Å². The number of fused-ring (bicyclic) bond motifs is 2. The highest BCUT2D eigenvalue weighted by molar-refractivity contribution is 7.13. The number of hydrogen-bond acceptors (Lipinski definition) is 11. The van der Waals surface area contributed by atoms with Crippen LogP contribution in [0.4, 0.5) is 9.52 Å². The van der Waals surface area contributed by atoms with Gasteiger partial charge >= 0.3 is 5.97 Å². The van der Waals surface area contributed by atoms with Crippen molar-refractivity contribution in [1.82, 2.24) is 15.6 Å². The van der Waals surface area contributed by atoms with Crippen molar-refractivity contribution in [2.75, 3.05) is 64.7 Å². The second-order valence-electron chi connectivity index (χ2n) is 17.7. The third kappa shape index (κ3) is 12.4. The maximum absolute atomic E-state index is 15.6. The molecule has 0 spiro atoms. The Labute approximate surface area is 372 Å². The zero-order valence-corrected chi connectivity index (χ0v) is 37.2. The second-order valence-corrected chi connectivity index (χ2v) is 18.6. The number of benzene rings is 3. The fourth-order valence-electron chi connectivity index (χ4n) is 9.70. The molecule has 2 saturated carbocycles. The van der Waals surface area contributed by atoms with Crippen LogP contribution in [0.25, 0.3) is 11.1 Å². The van der Waals surface area contributed by atoms with Crippen molar-refractivity contribution in [2.45, 2.75) is 71.3 Å². The van der Waals surface area contributed by atoms with Gasteiger partial charge in [0.1, 0.15) is 18.2 Å². The van der Waals surface area contributed by atoms with Crippen LogP contribution in [0.1, 0.15) is 80.8 Å². The van der Waals surface area contributed by atoms with Crippen molar-refractivity contribution in [1.29, 1.82) is 0 Å². The molecule has 13 nitrogen and oxygen atoms in total. The molecule has 15 heteroatoms. The summed E-state index contributed by atoms with van der Waals surface area (Å²) in [5, 5.41) is 21.0. The summed E-state index contributed by atoms with van der Waals surface area (Å²) in [6, 6.07) is 14.2. The van der Waals surface area contributed by atoms with Crippen LogP contribution in [0.5, 0.6) is 17.2 Å². The summed E-state index contributed by atoms with van der Waals surface area (Å²) in [4.78, 5) is 41.3. The molecule has 63 heavy (non-hydrogen) atoms. The summed E-state index contributed by atoms with van der Waals surface area (Å²) in [6.45, 7) is 10.2. The van der Waals surface area contributed by atoms with Crippen molar-refractivity contribution in [3.8, 4) is 28.4 Å². The zero-order valence-electron chi connectivity index (χ0n) is 36.3. The van der Waals surface area contributed by atoms with Gasteiger partial charge in [0.05, 0.1) is 45.2 Å². The second kappa shape index (κ2) is 21.2. The quantitative estimate of drug-likeness (QED) is 0.0562. The van der Waals surface area contributed by atoms with Gasteiger partial charge < -0.3 is 44.7 Å². The normalized spacial score (nSPS) is 22.6. The fraction of sp³-hybridized carbons (Fsp3) is 0.500. The van der Waals surface area contributed by atoms with Crippen molar-refractivity contribution in [2.24, 2.45) is 23.2 Å². The molecule has 3 atom stereocenters. The van der Waals surface area contributed by atoms with Crippen LogP contribution >= 0.6 is 11.3 Å². The standard InChI is InChI=1S/C48H59FN4O9S/c1-31-22-35-27-47(2,28-36(35)23-31)29-43(54)50-12-14-58-15-16-59-17-18-60-19-20-61-41-24-34-10-11-52-48(3,30-44(55)53-46-51-13-21-63-46)39(34)26-42(41)62-37-8-9-38(40(49)25-37)32-4-6-33(7-5-32)45(56)57/h4-9,13,21,24-26,31,35-36,52H,10-12,14-20,22-23,27-30H2,1-3H3,(H,50,54)(H,56,57)(H,51,53,55)/t31?,35?,36?,47?,48-/m1/s1. The Balaban J connectivity index is 0.876. The maximum Gasteiger partial charge on any atom is 0.335 e. The van der Waals surface area contributed by atoms with Crippen LogP contribution in [0.3, 0.4) is 0 Å². The summed E-state index contributed by atoms with van der Waals surface area (Å²) >= 11 is 1.34. The molecule has 2 fully saturated rings. The molecule has 4 aromatic rings. The summed E-state index contributed by atoms with van der Waals surface area (Å²) in [5.74, 6) is 1.72. The van der Waals surface area contributed by atoms with Crippen molar-refractivity contribution in [3.63, 3.8) is 0 Å². The monoisotopic (exact) mass is 886 g/mol. The van der Waals surface area contributed by atoms with E-state index in [1.54, 1.807) is 35.8 Å². The molecular formula is C48H59FN4O9S. The Kier molecular flexibility index (Phi) is 15.5. The number of anilines is 1. The number of aromatic carboxylic acids is 1. The summed E-state index contributed by atoms with van der Waals surface area (Å²) in [5.41, 5.74) is 2.13. The molecule has 3 aromatic carbocycles. The number of halogens is 1. The average molecular weight is 887 g/mol. The van der Waals surface area contributed by atoms with Gasteiger partial charge in [-0.1, -0.05) is 26.0 Å². The first-order chi connectivity index (χ1) is 30.4. The lowest BCUT2D eigenvalue weighted by molar-refractivity contribution is -0.123. The fourth-order valence-corrected chi connectivity index (χ4v) is 10.2. The van der Waals surface area contributed by atoms with Gasteiger partial charge in [0, 0.05) is 54.7 Å². The van der Waals surface area contributed by atoms with Crippen LogP contribution < -0.4 is 25.4 Å². The minimum Gasteiger partial charge on any atom is -0.487 e. The Bertz CT molecular complexity index is 2170. The number of hydrogen-bond donors (Lipinski definition) is 4. The Morgan fingerprint density at radius 2 is 1.57 bits per heavy atom. The van der Waals surface area contributed by atoms with Crippen molar-refractivity contribution < 1.29 is 47.6 Å². The number of thiazole rings is 1. The molecule has 1 aromatic heterocycles. The van der Waals surface area contributed by atoms with E-state index >= 15 is 4.39 Å². The van der Waals surface area contributed by atoms with Gasteiger partial charge in [0.2, 0.25) is 11.8 Å². The zero-order chi connectivity index (χ0) is 44.4. The molecule has 7 rings (SSSR count). The maximum atomic E-state index is 15.6. The number of carboxylic acid groups (broad SMARTS) is 1. The SMILES string of the molecule is CC1CC2CC(C)(CC(=O)NCCOCCOCCOCCOc3cc4c(cc3Oc3ccc(-c5ccc(C(=O)O)cc5)c(F)c3)[C@@](C)(CC(=O)Nc3nccs3)NCC4)CC2C1. The van der Waals surface area contributed by atoms with Gasteiger partial charge in [-0.15, -0.1) is 11.3 Å². The highest BCUT2D eigenvalue weighted by Crippen LogP contribution is 2.55. The number of rotatable bonds is 22. The lowest BCUT2D eigenvalue weighted by Gasteiger charge is -2.37. The number of amides is 2. The Hall–Kier alpha value is -4.93. The van der Waals surface area contributed by atoms with Crippen LogP contribution in [-0.2, 0) is 35.8 Å². The summed E-state index contributed by atoms with van der Waals surface area (Å²) in [7, 11) is 0. The third-order valence-electron chi connectivity index (χ3n) is 12.4. The first-order valence-electron chi connectivity index (χ1n) is 21.9. The molecule has 3 aliphatic rings. The molecule has 1 aliphatic heterocycles. The van der Waals surface area contributed by atoms with E-state index in [9.17, 15) is 19.5 Å². The summed E-state index contributed by atoms with van der Waals surface area (Å²) in [6.07, 6.45) is 7.99. The van der Waals surface area contributed by atoms with E-state index in [1.165, 1.54) is 55.2 Å². The van der Waals surface area contributed by atoms with E-state index in [0.29, 0.717) is 86.7 Å². The highest BCUT2D eigenvalue weighted by atomic mass is 32.1. The topological polar surface area (TPSA) is 167 Å². The minimum absolute atomic E-state index is 0.107. The third-order valence-corrected chi connectivity index (χ3v) is 13.1. The lowest BCUT2D eigenvalue weighted by atomic mass is 9.81. The molecule has 2 unspecified atom stereocenters. The molecule has 338 valence electrons. The molecule has 0 radical (unpaired) electrons. The van der Waals surface area contributed by atoms with Gasteiger partial charge in [-0.05, 0) is 115 Å². The highest BCUT2D eigenvalue weighted by Gasteiger charge is 2.46. The van der Waals surface area contributed by atoms with Gasteiger partial charge in [-0.25, -0.2) is 14.2 Å². The predicted octanol–water partition coefficient (Wildman–Crippen LogP) is 8.23. The number of nitrogens with zero attached hydrogens (tertiary/aromatic N) is 1. The van der Waals surface area contributed by atoms with Crippen LogP contribution in [0.15, 0.2) is 66.2 Å². The number of aromatic nitrogens is 1. The van der Waals surface area contributed by atoms with Crippen LogP contribution in [0.2, 0.25) is 0 Å². The van der Waals surface area contributed by atoms with E-state index in [2.05, 4.69) is 34.8 Å². The Morgan fingerprint density at radius 3 is 2.24 bits per heavy atom. The van der Waals surface area contributed by atoms with Crippen LogP contribution in [0, 0.1) is 29.0 Å². The largest absolute Gasteiger partial charge is 0.487 e.